The maximum atomic E-state index is 10.8. The van der Waals surface area contributed by atoms with Crippen LogP contribution in [0.15, 0.2) is 40.8 Å². The van der Waals surface area contributed by atoms with Crippen LogP contribution >= 0.6 is 11.6 Å². The molecule has 17 heavy (non-hydrogen) atoms. The van der Waals surface area contributed by atoms with Gasteiger partial charge in [0.25, 0.3) is 5.24 Å². The van der Waals surface area contributed by atoms with Crippen LogP contribution in [0.25, 0.3) is 11.3 Å². The molecule has 0 aliphatic rings. The highest BCUT2D eigenvalue weighted by Gasteiger charge is 2.11. The Morgan fingerprint density at radius 2 is 1.94 bits per heavy atom. The highest BCUT2D eigenvalue weighted by molar-refractivity contribution is 6.67. The van der Waals surface area contributed by atoms with Crippen LogP contribution in [0.2, 0.25) is 0 Å². The number of furan rings is 1. The Labute approximate surface area is 101 Å². The lowest BCUT2D eigenvalue weighted by Gasteiger charge is -1.98. The summed E-state index contributed by atoms with van der Waals surface area (Å²) < 4.78 is 5.19. The van der Waals surface area contributed by atoms with Gasteiger partial charge in [0.2, 0.25) is 0 Å². The average molecular weight is 251 g/mol. The molecule has 86 valence electrons. The number of carboxylic acid groups (broad SMARTS) is 1. The van der Waals surface area contributed by atoms with Crippen molar-refractivity contribution in [1.82, 2.24) is 0 Å². The Morgan fingerprint density at radius 1 is 1.18 bits per heavy atom. The summed E-state index contributed by atoms with van der Waals surface area (Å²) in [4.78, 5) is 21.6. The fourth-order valence-corrected chi connectivity index (χ4v) is 1.51. The van der Waals surface area contributed by atoms with E-state index in [0.717, 1.165) is 0 Å². The van der Waals surface area contributed by atoms with Gasteiger partial charge in [0.1, 0.15) is 5.76 Å². The van der Waals surface area contributed by atoms with Crippen LogP contribution in [0, 0.1) is 0 Å². The number of halogens is 1. The van der Waals surface area contributed by atoms with Crippen molar-refractivity contribution >= 4 is 22.8 Å². The number of hydrogen-bond acceptors (Lipinski definition) is 3. The summed E-state index contributed by atoms with van der Waals surface area (Å²) >= 11 is 5.26. The van der Waals surface area contributed by atoms with Gasteiger partial charge in [0.05, 0.1) is 5.56 Å². The molecule has 0 fully saturated rings. The van der Waals surface area contributed by atoms with E-state index in [1.54, 1.807) is 18.2 Å². The summed E-state index contributed by atoms with van der Waals surface area (Å²) in [5.74, 6) is -0.591. The number of benzene rings is 1. The van der Waals surface area contributed by atoms with Gasteiger partial charge in [-0.1, -0.05) is 12.1 Å². The molecule has 0 saturated heterocycles. The first-order valence-electron chi connectivity index (χ1n) is 4.71. The zero-order valence-corrected chi connectivity index (χ0v) is 9.27. The molecule has 2 rings (SSSR count). The predicted molar refractivity (Wildman–Crippen MR) is 61.3 cm³/mol. The summed E-state index contributed by atoms with van der Waals surface area (Å²) in [5.41, 5.74) is 0.728. The number of carbonyl (C=O) groups excluding carboxylic acids is 1. The molecule has 0 unspecified atom stereocenters. The number of carbonyl (C=O) groups is 2. The standard InChI is InChI=1S/C12H7ClO4/c13-11(14)10-5-4-9(17-10)7-2-1-3-8(6-7)12(15)16/h1-6H,(H,15,16). The van der Waals surface area contributed by atoms with Crippen molar-refractivity contribution < 1.29 is 19.1 Å². The lowest BCUT2D eigenvalue weighted by Crippen LogP contribution is -1.95. The van der Waals surface area contributed by atoms with Crippen LogP contribution in [-0.4, -0.2) is 16.3 Å². The summed E-state index contributed by atoms with van der Waals surface area (Å²) in [6.07, 6.45) is 0. The van der Waals surface area contributed by atoms with Gasteiger partial charge in [-0.15, -0.1) is 0 Å². The fraction of sp³-hybridized carbons (Fsp3) is 0. The number of carboxylic acids is 1. The minimum atomic E-state index is -1.02. The van der Waals surface area contributed by atoms with Gasteiger partial charge < -0.3 is 9.52 Å². The van der Waals surface area contributed by atoms with Crippen molar-refractivity contribution in [2.24, 2.45) is 0 Å². The molecule has 0 aliphatic heterocycles. The van der Waals surface area contributed by atoms with Crippen LogP contribution in [0.3, 0.4) is 0 Å². The second-order valence-corrected chi connectivity index (χ2v) is 3.67. The van der Waals surface area contributed by atoms with Crippen molar-refractivity contribution in [1.29, 1.82) is 0 Å². The largest absolute Gasteiger partial charge is 0.478 e. The summed E-state index contributed by atoms with van der Waals surface area (Å²) in [5, 5.41) is 8.15. The van der Waals surface area contributed by atoms with Gasteiger partial charge in [0, 0.05) is 5.56 Å². The summed E-state index contributed by atoms with van der Waals surface area (Å²) in [6, 6.07) is 9.23. The molecule has 0 saturated carbocycles. The normalized spacial score (nSPS) is 10.2. The van der Waals surface area contributed by atoms with Crippen LogP contribution in [0.4, 0.5) is 0 Å². The van der Waals surface area contributed by atoms with E-state index >= 15 is 0 Å². The zero-order valence-electron chi connectivity index (χ0n) is 8.51. The first-order valence-corrected chi connectivity index (χ1v) is 5.09. The maximum Gasteiger partial charge on any atom is 0.335 e. The molecular formula is C12H7ClO4. The molecule has 0 radical (unpaired) electrons. The molecule has 4 nitrogen and oxygen atoms in total. The lowest BCUT2D eigenvalue weighted by atomic mass is 10.1. The molecule has 5 heteroatoms. The fourth-order valence-electron chi connectivity index (χ4n) is 1.40. The molecule has 0 amide bonds. The molecule has 0 spiro atoms. The van der Waals surface area contributed by atoms with Gasteiger partial charge in [-0.3, -0.25) is 4.79 Å². The molecule has 2 aromatic rings. The minimum Gasteiger partial charge on any atom is -0.478 e. The molecule has 0 aliphatic carbocycles. The van der Waals surface area contributed by atoms with E-state index < -0.39 is 11.2 Å². The van der Waals surface area contributed by atoms with Crippen LogP contribution in [0.5, 0.6) is 0 Å². The number of aromatic carboxylic acids is 1. The number of rotatable bonds is 3. The third-order valence-corrected chi connectivity index (χ3v) is 2.38. The Bertz CT molecular complexity index is 586. The third kappa shape index (κ3) is 2.37. The smallest absolute Gasteiger partial charge is 0.335 e. The SMILES string of the molecule is O=C(O)c1cccc(-c2ccc(C(=O)Cl)o2)c1. The topological polar surface area (TPSA) is 67.5 Å². The van der Waals surface area contributed by atoms with Crippen molar-refractivity contribution in [2.75, 3.05) is 0 Å². The molecular weight excluding hydrogens is 244 g/mol. The second-order valence-electron chi connectivity index (χ2n) is 3.32. The van der Waals surface area contributed by atoms with E-state index in [-0.39, 0.29) is 11.3 Å². The van der Waals surface area contributed by atoms with Crippen LogP contribution in [-0.2, 0) is 0 Å². The van der Waals surface area contributed by atoms with Crippen molar-refractivity contribution in [3.63, 3.8) is 0 Å². The predicted octanol–water partition coefficient (Wildman–Crippen LogP) is 3.02. The average Bonchev–Trinajstić information content (AvgIpc) is 2.78. The summed E-state index contributed by atoms with van der Waals surface area (Å²) in [6.45, 7) is 0. The highest BCUT2D eigenvalue weighted by atomic mass is 35.5. The molecule has 0 bridgehead atoms. The maximum absolute atomic E-state index is 10.8. The van der Waals surface area contributed by atoms with E-state index in [4.69, 9.17) is 21.1 Å². The van der Waals surface area contributed by atoms with Gasteiger partial charge in [-0.05, 0) is 35.9 Å². The van der Waals surface area contributed by atoms with Crippen molar-refractivity contribution in [3.8, 4) is 11.3 Å². The molecule has 1 aromatic carbocycles. The third-order valence-electron chi connectivity index (χ3n) is 2.19. The zero-order chi connectivity index (χ0) is 12.4. The van der Waals surface area contributed by atoms with E-state index in [1.807, 2.05) is 0 Å². The Balaban J connectivity index is 2.42. The van der Waals surface area contributed by atoms with Crippen LogP contribution in [0.1, 0.15) is 20.9 Å². The first kappa shape index (κ1) is 11.4. The van der Waals surface area contributed by atoms with Gasteiger partial charge >= 0.3 is 5.97 Å². The monoisotopic (exact) mass is 250 g/mol. The lowest BCUT2D eigenvalue weighted by molar-refractivity contribution is 0.0696. The van der Waals surface area contributed by atoms with Gasteiger partial charge in [0.15, 0.2) is 5.76 Å². The molecule has 0 atom stereocenters. The van der Waals surface area contributed by atoms with Crippen molar-refractivity contribution in [3.05, 3.63) is 47.7 Å². The van der Waals surface area contributed by atoms with Crippen LogP contribution < -0.4 is 0 Å². The Hall–Kier alpha value is -2.07. The van der Waals surface area contributed by atoms with E-state index in [0.29, 0.717) is 11.3 Å². The Kier molecular flexibility index (Phi) is 2.97. The van der Waals surface area contributed by atoms with Gasteiger partial charge in [-0.2, -0.15) is 0 Å². The minimum absolute atomic E-state index is 0.0300. The Morgan fingerprint density at radius 3 is 2.53 bits per heavy atom. The van der Waals surface area contributed by atoms with E-state index in [1.165, 1.54) is 18.2 Å². The number of hydrogen-bond donors (Lipinski definition) is 1. The van der Waals surface area contributed by atoms with E-state index in [2.05, 4.69) is 0 Å². The van der Waals surface area contributed by atoms with E-state index in [9.17, 15) is 9.59 Å². The first-order chi connectivity index (χ1) is 8.08. The molecule has 1 N–H and O–H groups in total. The second kappa shape index (κ2) is 4.43. The van der Waals surface area contributed by atoms with Gasteiger partial charge in [-0.25, -0.2) is 4.79 Å². The van der Waals surface area contributed by atoms with Crippen molar-refractivity contribution in [2.45, 2.75) is 0 Å². The molecule has 1 aromatic heterocycles. The highest BCUT2D eigenvalue weighted by Crippen LogP contribution is 2.23. The summed E-state index contributed by atoms with van der Waals surface area (Å²) in [7, 11) is 0. The molecule has 1 heterocycles. The quantitative estimate of drug-likeness (QED) is 0.850.